The quantitative estimate of drug-likeness (QED) is 0.590. The van der Waals surface area contributed by atoms with Crippen LogP contribution >= 0.6 is 0 Å². The number of carbonyl (C=O) groups excluding carboxylic acids is 2. The van der Waals surface area contributed by atoms with Crippen LogP contribution in [0.5, 0.6) is 0 Å². The lowest BCUT2D eigenvalue weighted by Gasteiger charge is -2.42. The molecule has 2 amide bonds. The molecule has 1 aliphatic carbocycles. The van der Waals surface area contributed by atoms with Crippen LogP contribution in [0.25, 0.3) is 0 Å². The normalized spacial score (nSPS) is 27.2. The average Bonchev–Trinajstić information content (AvgIpc) is 3.34. The minimum atomic E-state index is -0.132. The van der Waals surface area contributed by atoms with Gasteiger partial charge in [0.25, 0.3) is 0 Å². The van der Waals surface area contributed by atoms with Crippen molar-refractivity contribution in [2.24, 2.45) is 11.8 Å². The van der Waals surface area contributed by atoms with Gasteiger partial charge in [-0.15, -0.1) is 0 Å². The van der Waals surface area contributed by atoms with Gasteiger partial charge in [0.15, 0.2) is 0 Å². The predicted octanol–water partition coefficient (Wildman–Crippen LogP) is 4.76. The molecular weight excluding hydrogens is 448 g/mol. The molecule has 2 aliphatic heterocycles. The molecule has 1 saturated heterocycles. The second-order valence-electron chi connectivity index (χ2n) is 11.0. The molecule has 2 fully saturated rings. The molecule has 2 heterocycles. The van der Waals surface area contributed by atoms with E-state index in [1.807, 2.05) is 14.1 Å². The molecule has 192 valence electrons. The number of nitrogens with one attached hydrogen (secondary N) is 2. The summed E-state index contributed by atoms with van der Waals surface area (Å²) in [5, 5.41) is 7.04. The summed E-state index contributed by atoms with van der Waals surface area (Å²) in [5.41, 5.74) is 3.62. The highest BCUT2D eigenvalue weighted by molar-refractivity contribution is 5.83. The highest BCUT2D eigenvalue weighted by Gasteiger charge is 2.48. The van der Waals surface area contributed by atoms with Crippen molar-refractivity contribution in [3.63, 3.8) is 0 Å². The summed E-state index contributed by atoms with van der Waals surface area (Å²) in [6.45, 7) is 1.67. The molecule has 36 heavy (non-hydrogen) atoms. The van der Waals surface area contributed by atoms with Gasteiger partial charge in [0.05, 0.1) is 18.0 Å². The first-order valence-corrected chi connectivity index (χ1v) is 13.7. The number of benzene rings is 2. The van der Waals surface area contributed by atoms with E-state index in [9.17, 15) is 9.59 Å². The van der Waals surface area contributed by atoms with Crippen LogP contribution in [0.4, 0.5) is 5.69 Å². The van der Waals surface area contributed by atoms with Crippen LogP contribution in [0.15, 0.2) is 54.6 Å². The largest absolute Gasteiger partial charge is 0.378 e. The SMILES string of the molecule is CN(C)CCCC(=O)N[C@@H]1CCCC[C@@H]1C(=O)N1CC[C@@H]2[C@H](c3ccccc3)Nc3ccccc3[C@@H]21. The molecule has 3 aliphatic rings. The van der Waals surface area contributed by atoms with Crippen LogP contribution < -0.4 is 10.6 Å². The van der Waals surface area contributed by atoms with Crippen molar-refractivity contribution in [1.29, 1.82) is 0 Å². The summed E-state index contributed by atoms with van der Waals surface area (Å²) >= 11 is 0. The molecule has 6 nitrogen and oxygen atoms in total. The summed E-state index contributed by atoms with van der Waals surface area (Å²) in [7, 11) is 4.05. The second-order valence-corrected chi connectivity index (χ2v) is 11.0. The Balaban J connectivity index is 1.35. The topological polar surface area (TPSA) is 64.7 Å². The van der Waals surface area contributed by atoms with Gasteiger partial charge in [-0.1, -0.05) is 61.4 Å². The number of hydrogen-bond acceptors (Lipinski definition) is 4. The second kappa shape index (κ2) is 11.0. The third kappa shape index (κ3) is 5.15. The molecule has 2 aromatic carbocycles. The number of anilines is 1. The summed E-state index contributed by atoms with van der Waals surface area (Å²) in [6.07, 6.45) is 6.20. The highest BCUT2D eigenvalue weighted by Crippen LogP contribution is 2.51. The number of hydrogen-bond donors (Lipinski definition) is 2. The fourth-order valence-corrected chi connectivity index (χ4v) is 6.61. The molecule has 2 aromatic rings. The van der Waals surface area contributed by atoms with Gasteiger partial charge < -0.3 is 20.4 Å². The maximum absolute atomic E-state index is 14.2. The fourth-order valence-electron chi connectivity index (χ4n) is 6.61. The smallest absolute Gasteiger partial charge is 0.228 e. The van der Waals surface area contributed by atoms with Gasteiger partial charge in [0.2, 0.25) is 11.8 Å². The van der Waals surface area contributed by atoms with E-state index in [2.05, 4.69) is 75.0 Å². The van der Waals surface area contributed by atoms with Gasteiger partial charge in [0.1, 0.15) is 0 Å². The van der Waals surface area contributed by atoms with E-state index in [0.29, 0.717) is 12.3 Å². The standard InChI is InChI=1S/C30H40N4O2/c1-33(2)19-10-17-27(35)31-26-16-9-7-14-23(26)30(36)34-20-18-24-28(21-11-4-3-5-12-21)32-25-15-8-6-13-22(25)29(24)34/h3-6,8,11-13,15,23-24,26,28-29,32H,7,9-10,14,16-20H2,1-2H3,(H,31,35)/t23-,24+,26+,28-,29-/m0/s1. The molecule has 1 saturated carbocycles. The number of carbonyl (C=O) groups is 2. The van der Waals surface area contributed by atoms with Crippen LogP contribution in [0.3, 0.4) is 0 Å². The Morgan fingerprint density at radius 1 is 1.00 bits per heavy atom. The van der Waals surface area contributed by atoms with Gasteiger partial charge in [-0.2, -0.15) is 0 Å². The zero-order chi connectivity index (χ0) is 25.1. The maximum atomic E-state index is 14.2. The van der Waals surface area contributed by atoms with E-state index in [4.69, 9.17) is 0 Å². The van der Waals surface area contributed by atoms with Gasteiger partial charge in [-0.3, -0.25) is 9.59 Å². The van der Waals surface area contributed by atoms with E-state index < -0.39 is 0 Å². The lowest BCUT2D eigenvalue weighted by Crippen LogP contribution is -2.50. The van der Waals surface area contributed by atoms with Crippen LogP contribution in [0, 0.1) is 11.8 Å². The first-order valence-electron chi connectivity index (χ1n) is 13.7. The Kier molecular flexibility index (Phi) is 7.61. The van der Waals surface area contributed by atoms with Crippen molar-refractivity contribution in [3.8, 4) is 0 Å². The fraction of sp³-hybridized carbons (Fsp3) is 0.533. The van der Waals surface area contributed by atoms with E-state index in [1.54, 1.807) is 0 Å². The average molecular weight is 489 g/mol. The molecule has 6 heteroatoms. The lowest BCUT2D eigenvalue weighted by atomic mass is 9.79. The van der Waals surface area contributed by atoms with Crippen LogP contribution in [-0.4, -0.2) is 54.8 Å². The lowest BCUT2D eigenvalue weighted by molar-refractivity contribution is -0.139. The molecule has 2 N–H and O–H groups in total. The Morgan fingerprint density at radius 3 is 2.56 bits per heavy atom. The third-order valence-corrected chi connectivity index (χ3v) is 8.34. The number of likely N-dealkylation sites (tertiary alicyclic amines) is 1. The van der Waals surface area contributed by atoms with Gasteiger partial charge in [0, 0.05) is 30.6 Å². The summed E-state index contributed by atoms with van der Waals surface area (Å²) in [4.78, 5) is 31.1. The zero-order valence-corrected chi connectivity index (χ0v) is 21.7. The van der Waals surface area contributed by atoms with Crippen LogP contribution in [-0.2, 0) is 9.59 Å². The number of nitrogens with zero attached hydrogens (tertiary/aromatic N) is 2. The minimum Gasteiger partial charge on any atom is -0.378 e. The van der Waals surface area contributed by atoms with Gasteiger partial charge >= 0.3 is 0 Å². The van der Waals surface area contributed by atoms with Crippen molar-refractivity contribution in [3.05, 3.63) is 65.7 Å². The monoisotopic (exact) mass is 488 g/mol. The minimum absolute atomic E-state index is 0.0564. The van der Waals surface area contributed by atoms with Crippen molar-refractivity contribution >= 4 is 17.5 Å². The first kappa shape index (κ1) is 24.8. The number of fused-ring (bicyclic) bond motifs is 3. The molecule has 0 aromatic heterocycles. The summed E-state index contributed by atoms with van der Waals surface area (Å²) in [5.74, 6) is 0.503. The van der Waals surface area contributed by atoms with E-state index in [1.165, 1.54) is 11.1 Å². The van der Waals surface area contributed by atoms with Gasteiger partial charge in [-0.05, 0) is 63.5 Å². The number of para-hydroxylation sites is 1. The van der Waals surface area contributed by atoms with E-state index >= 15 is 0 Å². The molecule has 5 atom stereocenters. The van der Waals surface area contributed by atoms with Gasteiger partial charge in [-0.25, -0.2) is 0 Å². The Morgan fingerprint density at radius 2 is 1.75 bits per heavy atom. The van der Waals surface area contributed by atoms with E-state index in [-0.39, 0.29) is 35.9 Å². The molecule has 0 bridgehead atoms. The van der Waals surface area contributed by atoms with Crippen LogP contribution in [0.2, 0.25) is 0 Å². The van der Waals surface area contributed by atoms with Crippen molar-refractivity contribution in [2.45, 2.75) is 63.1 Å². The van der Waals surface area contributed by atoms with E-state index in [0.717, 1.165) is 57.3 Å². The molecule has 0 radical (unpaired) electrons. The number of amides is 2. The maximum Gasteiger partial charge on any atom is 0.228 e. The first-order chi connectivity index (χ1) is 17.5. The highest BCUT2D eigenvalue weighted by atomic mass is 16.2. The third-order valence-electron chi connectivity index (χ3n) is 8.34. The molecule has 0 unspecified atom stereocenters. The number of rotatable bonds is 7. The molecule has 0 spiro atoms. The Hall–Kier alpha value is -2.86. The molecular formula is C30H40N4O2. The Bertz CT molecular complexity index is 1060. The van der Waals surface area contributed by atoms with Crippen molar-refractivity contribution < 1.29 is 9.59 Å². The molecule has 5 rings (SSSR count). The van der Waals surface area contributed by atoms with Crippen molar-refractivity contribution in [1.82, 2.24) is 15.1 Å². The Labute approximate surface area is 215 Å². The van der Waals surface area contributed by atoms with Crippen LogP contribution in [0.1, 0.15) is 68.2 Å². The zero-order valence-electron chi connectivity index (χ0n) is 21.7. The predicted molar refractivity (Wildman–Crippen MR) is 143 cm³/mol. The van der Waals surface area contributed by atoms with Crippen molar-refractivity contribution in [2.75, 3.05) is 32.5 Å². The summed E-state index contributed by atoms with van der Waals surface area (Å²) < 4.78 is 0. The summed E-state index contributed by atoms with van der Waals surface area (Å²) in [6, 6.07) is 19.3.